The van der Waals surface area contributed by atoms with Crippen molar-refractivity contribution in [3.63, 3.8) is 0 Å². The van der Waals surface area contributed by atoms with E-state index in [-0.39, 0.29) is 24.5 Å². The molecule has 0 aromatic heterocycles. The van der Waals surface area contributed by atoms with Crippen LogP contribution in [0.25, 0.3) is 0 Å². The van der Waals surface area contributed by atoms with Gasteiger partial charge in [0.05, 0.1) is 17.7 Å². The van der Waals surface area contributed by atoms with Crippen molar-refractivity contribution in [1.82, 2.24) is 4.90 Å². The van der Waals surface area contributed by atoms with Gasteiger partial charge in [0.15, 0.2) is 5.79 Å². The minimum Gasteiger partial charge on any atom is -0.342 e. The lowest BCUT2D eigenvalue weighted by molar-refractivity contribution is -0.143. The molecule has 1 saturated heterocycles. The van der Waals surface area contributed by atoms with E-state index in [1.807, 2.05) is 0 Å². The lowest BCUT2D eigenvalue weighted by Crippen LogP contribution is -2.40. The zero-order valence-corrected chi connectivity index (χ0v) is 12.0. The number of hydrogen-bond acceptors (Lipinski definition) is 4. The highest BCUT2D eigenvalue weighted by Crippen LogP contribution is 2.31. The number of benzene rings is 1. The van der Waals surface area contributed by atoms with Gasteiger partial charge < -0.3 is 9.47 Å². The first kappa shape index (κ1) is 14.0. The number of amides is 2. The van der Waals surface area contributed by atoms with Gasteiger partial charge in [-0.3, -0.25) is 14.5 Å². The summed E-state index contributed by atoms with van der Waals surface area (Å²) in [5.41, 5.74) is 0.881. The van der Waals surface area contributed by atoms with Gasteiger partial charge in [-0.1, -0.05) is 18.2 Å². The molecule has 1 aromatic rings. The van der Waals surface area contributed by atoms with E-state index in [1.165, 1.54) is 4.90 Å². The van der Waals surface area contributed by atoms with Crippen LogP contribution < -0.4 is 0 Å². The highest BCUT2D eigenvalue weighted by molar-refractivity contribution is 6.21. The SMILES string of the molecule is C=C[C@H]1OC(C)(C)O[C@H]1CN1C(=O)c2ccccc2C1=O. The van der Waals surface area contributed by atoms with E-state index in [4.69, 9.17) is 9.47 Å². The maximum atomic E-state index is 12.3. The Morgan fingerprint density at radius 2 is 1.76 bits per heavy atom. The summed E-state index contributed by atoms with van der Waals surface area (Å²) in [6, 6.07) is 6.82. The van der Waals surface area contributed by atoms with E-state index in [2.05, 4.69) is 6.58 Å². The molecule has 2 amide bonds. The minimum absolute atomic E-state index is 0.159. The molecule has 0 bridgehead atoms. The van der Waals surface area contributed by atoms with Gasteiger partial charge in [0.25, 0.3) is 11.8 Å². The molecule has 2 heterocycles. The molecule has 2 aliphatic heterocycles. The third-order valence-electron chi connectivity index (χ3n) is 3.69. The molecule has 0 spiro atoms. The lowest BCUT2D eigenvalue weighted by Gasteiger charge is -2.21. The zero-order chi connectivity index (χ0) is 15.2. The molecule has 2 aliphatic rings. The summed E-state index contributed by atoms with van der Waals surface area (Å²) < 4.78 is 11.4. The van der Waals surface area contributed by atoms with Crippen LogP contribution in [0.1, 0.15) is 34.6 Å². The summed E-state index contributed by atoms with van der Waals surface area (Å²) in [7, 11) is 0. The van der Waals surface area contributed by atoms with Crippen LogP contribution in [0, 0.1) is 0 Å². The molecule has 0 saturated carbocycles. The zero-order valence-electron chi connectivity index (χ0n) is 12.0. The average molecular weight is 287 g/mol. The molecule has 5 heteroatoms. The first-order valence-electron chi connectivity index (χ1n) is 6.86. The monoisotopic (exact) mass is 287 g/mol. The molecule has 110 valence electrons. The van der Waals surface area contributed by atoms with Gasteiger partial charge in [0.1, 0.15) is 12.2 Å². The molecule has 5 nitrogen and oxygen atoms in total. The maximum absolute atomic E-state index is 12.3. The predicted molar refractivity (Wildman–Crippen MR) is 75.8 cm³/mol. The quantitative estimate of drug-likeness (QED) is 0.630. The normalized spacial score (nSPS) is 27.0. The number of ether oxygens (including phenoxy) is 2. The van der Waals surface area contributed by atoms with E-state index in [0.717, 1.165) is 0 Å². The molecule has 0 aliphatic carbocycles. The standard InChI is InChI=1S/C16H17NO4/c1-4-12-13(21-16(2,3)20-12)9-17-14(18)10-7-5-6-8-11(10)15(17)19/h4-8,12-13H,1,9H2,2-3H3/t12-,13+/m1/s1. The Hall–Kier alpha value is -1.98. The van der Waals surface area contributed by atoms with Crippen LogP contribution in [0.4, 0.5) is 0 Å². The van der Waals surface area contributed by atoms with Crippen LogP contribution in [0.15, 0.2) is 36.9 Å². The van der Waals surface area contributed by atoms with Crippen molar-refractivity contribution >= 4 is 11.8 Å². The molecule has 0 unspecified atom stereocenters. The van der Waals surface area contributed by atoms with Crippen molar-refractivity contribution in [2.75, 3.05) is 6.54 Å². The summed E-state index contributed by atoms with van der Waals surface area (Å²) in [6.45, 7) is 7.47. The molecule has 0 N–H and O–H groups in total. The molecule has 1 aromatic carbocycles. The molecule has 3 rings (SSSR count). The Balaban J connectivity index is 1.82. The molecule has 1 fully saturated rings. The van der Waals surface area contributed by atoms with E-state index in [9.17, 15) is 9.59 Å². The largest absolute Gasteiger partial charge is 0.342 e. The lowest BCUT2D eigenvalue weighted by atomic mass is 10.1. The number of imide groups is 1. The van der Waals surface area contributed by atoms with Crippen molar-refractivity contribution in [3.8, 4) is 0 Å². The molecular weight excluding hydrogens is 270 g/mol. The number of fused-ring (bicyclic) bond motifs is 1. The van der Waals surface area contributed by atoms with Crippen molar-refractivity contribution < 1.29 is 19.1 Å². The topological polar surface area (TPSA) is 55.8 Å². The van der Waals surface area contributed by atoms with Gasteiger partial charge in [0.2, 0.25) is 0 Å². The molecular formula is C16H17NO4. The van der Waals surface area contributed by atoms with Crippen LogP contribution in [0.2, 0.25) is 0 Å². The number of rotatable bonds is 3. The predicted octanol–water partition coefficient (Wildman–Crippen LogP) is 1.99. The minimum atomic E-state index is -0.748. The maximum Gasteiger partial charge on any atom is 0.261 e. The Morgan fingerprint density at radius 3 is 2.29 bits per heavy atom. The summed E-state index contributed by atoms with van der Waals surface area (Å²) in [6.07, 6.45) is 0.890. The third-order valence-corrected chi connectivity index (χ3v) is 3.69. The fraction of sp³-hybridized carbons (Fsp3) is 0.375. The van der Waals surface area contributed by atoms with Crippen LogP contribution in [-0.2, 0) is 9.47 Å². The highest BCUT2D eigenvalue weighted by Gasteiger charge is 2.44. The molecule has 21 heavy (non-hydrogen) atoms. The Morgan fingerprint density at radius 1 is 1.19 bits per heavy atom. The van der Waals surface area contributed by atoms with Crippen molar-refractivity contribution in [2.24, 2.45) is 0 Å². The Kier molecular flexibility index (Phi) is 3.19. The van der Waals surface area contributed by atoms with E-state index in [0.29, 0.717) is 11.1 Å². The van der Waals surface area contributed by atoms with Gasteiger partial charge in [-0.05, 0) is 26.0 Å². The van der Waals surface area contributed by atoms with Crippen LogP contribution in [0.3, 0.4) is 0 Å². The van der Waals surface area contributed by atoms with Crippen LogP contribution >= 0.6 is 0 Å². The first-order valence-corrected chi connectivity index (χ1v) is 6.86. The Bertz CT molecular complexity index is 587. The second-order valence-corrected chi connectivity index (χ2v) is 5.64. The average Bonchev–Trinajstić information content (AvgIpc) is 2.88. The molecule has 0 radical (unpaired) electrons. The fourth-order valence-electron chi connectivity index (χ4n) is 2.79. The first-order chi connectivity index (χ1) is 9.93. The van der Waals surface area contributed by atoms with Crippen molar-refractivity contribution in [1.29, 1.82) is 0 Å². The van der Waals surface area contributed by atoms with E-state index < -0.39 is 11.9 Å². The number of carbonyl (C=O) groups excluding carboxylic acids is 2. The summed E-state index contributed by atoms with van der Waals surface area (Å²) in [5, 5.41) is 0. The van der Waals surface area contributed by atoms with E-state index >= 15 is 0 Å². The van der Waals surface area contributed by atoms with Crippen LogP contribution in [-0.4, -0.2) is 41.3 Å². The van der Waals surface area contributed by atoms with Gasteiger partial charge >= 0.3 is 0 Å². The second-order valence-electron chi connectivity index (χ2n) is 5.64. The van der Waals surface area contributed by atoms with Crippen molar-refractivity contribution in [2.45, 2.75) is 31.8 Å². The molecule has 2 atom stereocenters. The van der Waals surface area contributed by atoms with Gasteiger partial charge in [-0.15, -0.1) is 6.58 Å². The fourth-order valence-corrected chi connectivity index (χ4v) is 2.79. The number of hydrogen-bond donors (Lipinski definition) is 0. The van der Waals surface area contributed by atoms with Gasteiger partial charge in [0, 0.05) is 0 Å². The van der Waals surface area contributed by atoms with Crippen molar-refractivity contribution in [3.05, 3.63) is 48.0 Å². The third kappa shape index (κ3) is 2.28. The smallest absolute Gasteiger partial charge is 0.261 e. The highest BCUT2D eigenvalue weighted by atomic mass is 16.7. The summed E-state index contributed by atoms with van der Waals surface area (Å²) >= 11 is 0. The Labute approximate surface area is 123 Å². The van der Waals surface area contributed by atoms with E-state index in [1.54, 1.807) is 44.2 Å². The van der Waals surface area contributed by atoms with Gasteiger partial charge in [-0.25, -0.2) is 0 Å². The summed E-state index contributed by atoms with van der Waals surface area (Å²) in [4.78, 5) is 25.9. The number of carbonyl (C=O) groups is 2. The number of nitrogens with zero attached hydrogens (tertiary/aromatic N) is 1. The van der Waals surface area contributed by atoms with Gasteiger partial charge in [-0.2, -0.15) is 0 Å². The van der Waals surface area contributed by atoms with Crippen LogP contribution in [0.5, 0.6) is 0 Å². The summed E-state index contributed by atoms with van der Waals surface area (Å²) in [5.74, 6) is -1.32. The second kappa shape index (κ2) is 4.79.